The largest absolute Gasteiger partial charge is 0.367 e. The van der Waals surface area contributed by atoms with E-state index in [1.165, 1.54) is 18.3 Å². The minimum atomic E-state index is -0.493. The molecular weight excluding hydrogens is 325 g/mol. The number of nitrogens with one attached hydrogen (secondary N) is 1. The highest BCUT2D eigenvalue weighted by Gasteiger charge is 2.22. The first kappa shape index (κ1) is 16.6. The number of aromatic nitrogens is 1. The predicted octanol–water partition coefficient (Wildman–Crippen LogP) is 3.08. The summed E-state index contributed by atoms with van der Waals surface area (Å²) in [5.74, 6) is 0.144. The molecule has 0 bridgehead atoms. The molecule has 2 aromatic rings. The number of halogens is 1. The van der Waals surface area contributed by atoms with Crippen molar-refractivity contribution in [2.45, 2.75) is 18.9 Å². The zero-order chi connectivity index (χ0) is 17.8. The second-order valence-electron chi connectivity index (χ2n) is 5.87. The zero-order valence-electron chi connectivity index (χ0n) is 13.4. The van der Waals surface area contributed by atoms with Crippen molar-refractivity contribution >= 4 is 17.2 Å². The molecule has 0 radical (unpaired) electrons. The van der Waals surface area contributed by atoms with Gasteiger partial charge < -0.3 is 10.2 Å². The van der Waals surface area contributed by atoms with Crippen LogP contribution < -0.4 is 10.2 Å². The molecule has 1 N–H and O–H groups in total. The molecule has 8 heteroatoms. The summed E-state index contributed by atoms with van der Waals surface area (Å²) in [7, 11) is 0. The van der Waals surface area contributed by atoms with E-state index in [0.717, 1.165) is 19.4 Å². The first-order valence-electron chi connectivity index (χ1n) is 7.88. The Bertz CT molecular complexity index is 819. The van der Waals surface area contributed by atoms with E-state index in [-0.39, 0.29) is 11.7 Å². The molecule has 0 amide bonds. The van der Waals surface area contributed by atoms with Gasteiger partial charge in [0.1, 0.15) is 17.8 Å². The van der Waals surface area contributed by atoms with Gasteiger partial charge in [0.2, 0.25) is 0 Å². The van der Waals surface area contributed by atoms with Crippen molar-refractivity contribution in [1.29, 1.82) is 5.26 Å². The molecule has 1 fully saturated rings. The van der Waals surface area contributed by atoms with Gasteiger partial charge in [-0.3, -0.25) is 10.1 Å². The maximum atomic E-state index is 14.2. The topological polar surface area (TPSA) is 95.1 Å². The minimum absolute atomic E-state index is 0.0535. The van der Waals surface area contributed by atoms with Crippen molar-refractivity contribution in [3.63, 3.8) is 0 Å². The molecule has 25 heavy (non-hydrogen) atoms. The van der Waals surface area contributed by atoms with Crippen molar-refractivity contribution < 1.29 is 9.31 Å². The number of nitrogens with zero attached hydrogens (tertiary/aromatic N) is 4. The molecule has 1 atom stereocenters. The van der Waals surface area contributed by atoms with Crippen molar-refractivity contribution in [2.75, 3.05) is 23.3 Å². The fourth-order valence-electron chi connectivity index (χ4n) is 2.94. The van der Waals surface area contributed by atoms with E-state index < -0.39 is 10.7 Å². The van der Waals surface area contributed by atoms with Crippen LogP contribution in [0.5, 0.6) is 0 Å². The van der Waals surface area contributed by atoms with Gasteiger partial charge in [0.05, 0.1) is 22.2 Å². The van der Waals surface area contributed by atoms with E-state index in [2.05, 4.69) is 10.3 Å². The van der Waals surface area contributed by atoms with Gasteiger partial charge in [0.15, 0.2) is 0 Å². The number of nitriles is 1. The van der Waals surface area contributed by atoms with Crippen molar-refractivity contribution in [1.82, 2.24) is 4.98 Å². The maximum absolute atomic E-state index is 14.2. The van der Waals surface area contributed by atoms with Gasteiger partial charge in [-0.25, -0.2) is 9.37 Å². The van der Waals surface area contributed by atoms with Crippen LogP contribution in [0, 0.1) is 27.3 Å². The smallest absolute Gasteiger partial charge is 0.287 e. The molecule has 3 rings (SSSR count). The zero-order valence-corrected chi connectivity index (χ0v) is 13.4. The second kappa shape index (κ2) is 7.13. The number of benzene rings is 1. The first-order chi connectivity index (χ1) is 12.1. The molecular formula is C17H16FN5O2. The van der Waals surface area contributed by atoms with Crippen LogP contribution >= 0.6 is 0 Å². The maximum Gasteiger partial charge on any atom is 0.287 e. The summed E-state index contributed by atoms with van der Waals surface area (Å²) >= 11 is 0. The fraction of sp³-hybridized carbons (Fsp3) is 0.294. The number of rotatable bonds is 4. The molecule has 128 valence electrons. The third-order valence-electron chi connectivity index (χ3n) is 4.15. The van der Waals surface area contributed by atoms with E-state index in [1.807, 2.05) is 11.0 Å². The highest BCUT2D eigenvalue weighted by atomic mass is 19.1. The lowest BCUT2D eigenvalue weighted by molar-refractivity contribution is -0.385. The Morgan fingerprint density at radius 1 is 1.40 bits per heavy atom. The third-order valence-corrected chi connectivity index (χ3v) is 4.15. The molecule has 7 nitrogen and oxygen atoms in total. The van der Waals surface area contributed by atoms with Gasteiger partial charge in [-0.2, -0.15) is 5.26 Å². The number of nitro groups is 1. The van der Waals surface area contributed by atoms with Crippen molar-refractivity contribution in [3.05, 3.63) is 58.0 Å². The molecule has 0 saturated carbocycles. The molecule has 1 aliphatic heterocycles. The fourth-order valence-corrected chi connectivity index (χ4v) is 2.94. The van der Waals surface area contributed by atoms with Crippen LogP contribution in [0.2, 0.25) is 0 Å². The SMILES string of the molecule is N#Cc1ccc(N2CCCC(Nc3ccc([N+](=O)[O-])cn3)C2)c(F)c1. The molecule has 1 aromatic heterocycles. The van der Waals surface area contributed by atoms with Gasteiger partial charge >= 0.3 is 0 Å². The Morgan fingerprint density at radius 2 is 2.24 bits per heavy atom. The van der Waals surface area contributed by atoms with E-state index >= 15 is 0 Å². The van der Waals surface area contributed by atoms with Crippen LogP contribution in [-0.4, -0.2) is 29.0 Å². The number of piperidine rings is 1. The molecule has 1 aliphatic rings. The van der Waals surface area contributed by atoms with Gasteiger partial charge in [-0.1, -0.05) is 0 Å². The van der Waals surface area contributed by atoms with Crippen molar-refractivity contribution in [3.8, 4) is 6.07 Å². The Hall–Kier alpha value is -3.21. The lowest BCUT2D eigenvalue weighted by Gasteiger charge is -2.35. The molecule has 0 aliphatic carbocycles. The summed E-state index contributed by atoms with van der Waals surface area (Å²) in [6, 6.07) is 9.42. The number of pyridine rings is 1. The minimum Gasteiger partial charge on any atom is -0.367 e. The Labute approximate surface area is 143 Å². The first-order valence-corrected chi connectivity index (χ1v) is 7.88. The predicted molar refractivity (Wildman–Crippen MR) is 90.9 cm³/mol. The average molecular weight is 341 g/mol. The quantitative estimate of drug-likeness (QED) is 0.678. The summed E-state index contributed by atoms with van der Waals surface area (Å²) in [6.07, 6.45) is 2.99. The van der Waals surface area contributed by atoms with Crippen LogP contribution in [0.25, 0.3) is 0 Å². The highest BCUT2D eigenvalue weighted by molar-refractivity contribution is 5.52. The second-order valence-corrected chi connectivity index (χ2v) is 5.87. The van der Waals surface area contributed by atoms with Gasteiger partial charge in [0.25, 0.3) is 5.69 Å². The van der Waals surface area contributed by atoms with Crippen LogP contribution in [0.3, 0.4) is 0 Å². The van der Waals surface area contributed by atoms with E-state index in [4.69, 9.17) is 5.26 Å². The van der Waals surface area contributed by atoms with Crippen LogP contribution in [0.4, 0.5) is 21.6 Å². The number of hydrogen-bond donors (Lipinski definition) is 1. The Balaban J connectivity index is 1.69. The van der Waals surface area contributed by atoms with Crippen LogP contribution in [0.1, 0.15) is 18.4 Å². The molecule has 1 unspecified atom stereocenters. The van der Waals surface area contributed by atoms with Crippen LogP contribution in [0.15, 0.2) is 36.5 Å². The van der Waals surface area contributed by atoms with E-state index in [0.29, 0.717) is 23.6 Å². The standard InChI is InChI=1S/C17H16FN5O2/c18-15-8-12(9-19)3-5-16(15)22-7-1-2-13(11-22)21-17-6-4-14(10-20-17)23(24)25/h3-6,8,10,13H,1-2,7,11H2,(H,20,21). The molecule has 1 aromatic carbocycles. The lowest BCUT2D eigenvalue weighted by Crippen LogP contribution is -2.42. The average Bonchev–Trinajstić information content (AvgIpc) is 2.62. The van der Waals surface area contributed by atoms with Gasteiger partial charge in [-0.15, -0.1) is 0 Å². The van der Waals surface area contributed by atoms with Gasteiger partial charge in [-0.05, 0) is 37.1 Å². The molecule has 2 heterocycles. The normalized spacial score (nSPS) is 17.0. The van der Waals surface area contributed by atoms with E-state index in [1.54, 1.807) is 18.2 Å². The van der Waals surface area contributed by atoms with Crippen molar-refractivity contribution in [2.24, 2.45) is 0 Å². The summed E-state index contributed by atoms with van der Waals surface area (Å²) in [5.41, 5.74) is 0.709. The number of hydrogen-bond acceptors (Lipinski definition) is 6. The summed E-state index contributed by atoms with van der Waals surface area (Å²) < 4.78 is 14.2. The third kappa shape index (κ3) is 3.83. The highest BCUT2D eigenvalue weighted by Crippen LogP contribution is 2.25. The Morgan fingerprint density at radius 3 is 2.88 bits per heavy atom. The van der Waals surface area contributed by atoms with Gasteiger partial charge in [0, 0.05) is 25.2 Å². The van der Waals surface area contributed by atoms with Crippen LogP contribution in [-0.2, 0) is 0 Å². The monoisotopic (exact) mass is 341 g/mol. The Kier molecular flexibility index (Phi) is 4.75. The lowest BCUT2D eigenvalue weighted by atomic mass is 10.0. The van der Waals surface area contributed by atoms with E-state index in [9.17, 15) is 14.5 Å². The summed E-state index contributed by atoms with van der Waals surface area (Å²) in [5, 5.41) is 22.7. The molecule has 1 saturated heterocycles. The summed E-state index contributed by atoms with van der Waals surface area (Å²) in [6.45, 7) is 1.32. The summed E-state index contributed by atoms with van der Waals surface area (Å²) in [4.78, 5) is 16.2. The number of anilines is 2. The molecule has 0 spiro atoms.